The molecule has 0 aliphatic heterocycles. The molecule has 0 aliphatic carbocycles. The molecule has 0 saturated carbocycles. The molecule has 0 unspecified atom stereocenters. The summed E-state index contributed by atoms with van der Waals surface area (Å²) >= 11 is 0. The zero-order valence-corrected chi connectivity index (χ0v) is 13.2. The lowest BCUT2D eigenvalue weighted by atomic mass is 9.94. The monoisotopic (exact) mass is 264 g/mol. The Morgan fingerprint density at radius 3 is 2.30 bits per heavy atom. The second-order valence-corrected chi connectivity index (χ2v) is 5.70. The maximum atomic E-state index is 2.32. The summed E-state index contributed by atoms with van der Waals surface area (Å²) in [5, 5.41) is 0. The molecule has 2 aromatic rings. The Bertz CT molecular complexity index is 645. The fourth-order valence-electron chi connectivity index (χ4n) is 2.59. The molecule has 0 spiro atoms. The van der Waals surface area contributed by atoms with Crippen LogP contribution in [0.25, 0.3) is 11.6 Å². The SMILES string of the molecule is CCc1ccc(C)cc1/C(C)=C/c1cc(C)ccc1C. The molecule has 0 radical (unpaired) electrons. The molecule has 0 nitrogen and oxygen atoms in total. The topological polar surface area (TPSA) is 0 Å². The average Bonchev–Trinajstić information content (AvgIpc) is 2.42. The smallest absolute Gasteiger partial charge is 0.0192 e. The van der Waals surface area contributed by atoms with Crippen LogP contribution >= 0.6 is 0 Å². The van der Waals surface area contributed by atoms with Crippen LogP contribution in [-0.2, 0) is 6.42 Å². The van der Waals surface area contributed by atoms with Crippen LogP contribution in [0, 0.1) is 20.8 Å². The second kappa shape index (κ2) is 6.09. The summed E-state index contributed by atoms with van der Waals surface area (Å²) in [6.45, 7) is 10.9. The van der Waals surface area contributed by atoms with Crippen LogP contribution in [0.4, 0.5) is 0 Å². The highest BCUT2D eigenvalue weighted by atomic mass is 14.1. The van der Waals surface area contributed by atoms with Crippen LogP contribution in [0.1, 0.15) is 47.2 Å². The van der Waals surface area contributed by atoms with Crippen LogP contribution in [0.15, 0.2) is 36.4 Å². The van der Waals surface area contributed by atoms with Crippen LogP contribution < -0.4 is 0 Å². The predicted octanol–water partition coefficient (Wildman–Crippen LogP) is 5.73. The first-order valence-corrected chi connectivity index (χ1v) is 7.36. The minimum absolute atomic E-state index is 1.08. The summed E-state index contributed by atoms with van der Waals surface area (Å²) < 4.78 is 0. The van der Waals surface area contributed by atoms with Gasteiger partial charge in [-0.25, -0.2) is 0 Å². The largest absolute Gasteiger partial charge is 0.0613 e. The molecule has 0 aromatic heterocycles. The van der Waals surface area contributed by atoms with E-state index < -0.39 is 0 Å². The van der Waals surface area contributed by atoms with Gasteiger partial charge in [-0.3, -0.25) is 0 Å². The Kier molecular flexibility index (Phi) is 4.44. The third-order valence-corrected chi connectivity index (χ3v) is 3.88. The van der Waals surface area contributed by atoms with E-state index in [1.165, 1.54) is 39.0 Å². The van der Waals surface area contributed by atoms with Gasteiger partial charge in [-0.15, -0.1) is 0 Å². The molecule has 0 bridgehead atoms. The zero-order valence-electron chi connectivity index (χ0n) is 13.2. The van der Waals surface area contributed by atoms with Crippen LogP contribution in [0.2, 0.25) is 0 Å². The number of allylic oxidation sites excluding steroid dienone is 1. The normalized spacial score (nSPS) is 11.8. The number of rotatable bonds is 3. The maximum Gasteiger partial charge on any atom is -0.0192 e. The Balaban J connectivity index is 2.49. The second-order valence-electron chi connectivity index (χ2n) is 5.70. The first kappa shape index (κ1) is 14.6. The number of benzene rings is 2. The molecule has 0 heterocycles. The summed E-state index contributed by atoms with van der Waals surface area (Å²) in [5.41, 5.74) is 9.45. The molecule has 0 saturated heterocycles. The summed E-state index contributed by atoms with van der Waals surface area (Å²) in [7, 11) is 0. The quantitative estimate of drug-likeness (QED) is 0.621. The fraction of sp³-hybridized carbons (Fsp3) is 0.300. The van der Waals surface area contributed by atoms with Gasteiger partial charge in [0.25, 0.3) is 0 Å². The molecule has 0 heteroatoms. The van der Waals surface area contributed by atoms with E-state index in [0.29, 0.717) is 0 Å². The van der Waals surface area contributed by atoms with Gasteiger partial charge in [-0.05, 0) is 61.9 Å². The molecule has 0 fully saturated rings. The fourth-order valence-corrected chi connectivity index (χ4v) is 2.59. The highest BCUT2D eigenvalue weighted by molar-refractivity contribution is 5.82. The molecular formula is C20H24. The van der Waals surface area contributed by atoms with E-state index in [1.54, 1.807) is 0 Å². The molecule has 0 aliphatic rings. The van der Waals surface area contributed by atoms with Gasteiger partial charge in [0, 0.05) is 0 Å². The lowest BCUT2D eigenvalue weighted by Gasteiger charge is -2.11. The highest BCUT2D eigenvalue weighted by Crippen LogP contribution is 2.25. The Hall–Kier alpha value is -1.82. The molecular weight excluding hydrogens is 240 g/mol. The van der Waals surface area contributed by atoms with Crippen molar-refractivity contribution in [3.05, 3.63) is 69.8 Å². The Morgan fingerprint density at radius 1 is 0.950 bits per heavy atom. The van der Waals surface area contributed by atoms with Crippen molar-refractivity contribution in [1.29, 1.82) is 0 Å². The van der Waals surface area contributed by atoms with Crippen LogP contribution in [0.3, 0.4) is 0 Å². The van der Waals surface area contributed by atoms with E-state index >= 15 is 0 Å². The van der Waals surface area contributed by atoms with Gasteiger partial charge in [-0.1, -0.05) is 60.5 Å². The minimum atomic E-state index is 1.08. The van der Waals surface area contributed by atoms with Gasteiger partial charge < -0.3 is 0 Å². The number of hydrogen-bond donors (Lipinski definition) is 0. The first-order valence-electron chi connectivity index (χ1n) is 7.36. The van der Waals surface area contributed by atoms with Crippen molar-refractivity contribution in [3.8, 4) is 0 Å². The van der Waals surface area contributed by atoms with Crippen molar-refractivity contribution in [3.63, 3.8) is 0 Å². The minimum Gasteiger partial charge on any atom is -0.0613 e. The molecule has 104 valence electrons. The molecule has 2 aromatic carbocycles. The van der Waals surface area contributed by atoms with Crippen molar-refractivity contribution in [2.24, 2.45) is 0 Å². The van der Waals surface area contributed by atoms with Gasteiger partial charge in [0.05, 0.1) is 0 Å². The maximum absolute atomic E-state index is 2.32. The van der Waals surface area contributed by atoms with Crippen molar-refractivity contribution in [1.82, 2.24) is 0 Å². The van der Waals surface area contributed by atoms with Crippen molar-refractivity contribution < 1.29 is 0 Å². The van der Waals surface area contributed by atoms with Crippen molar-refractivity contribution >= 4 is 11.6 Å². The molecule has 20 heavy (non-hydrogen) atoms. The summed E-state index contributed by atoms with van der Waals surface area (Å²) in [6, 6.07) is 13.4. The summed E-state index contributed by atoms with van der Waals surface area (Å²) in [5.74, 6) is 0. The van der Waals surface area contributed by atoms with E-state index in [0.717, 1.165) is 6.42 Å². The van der Waals surface area contributed by atoms with Gasteiger partial charge >= 0.3 is 0 Å². The molecule has 0 amide bonds. The Morgan fingerprint density at radius 2 is 1.60 bits per heavy atom. The van der Waals surface area contributed by atoms with Crippen LogP contribution in [0.5, 0.6) is 0 Å². The molecule has 2 rings (SSSR count). The predicted molar refractivity (Wildman–Crippen MR) is 90.0 cm³/mol. The number of hydrogen-bond acceptors (Lipinski definition) is 0. The van der Waals surface area contributed by atoms with E-state index in [1.807, 2.05) is 0 Å². The third kappa shape index (κ3) is 3.19. The average molecular weight is 264 g/mol. The standard InChI is InChI=1S/C20H24/c1-6-18-10-8-15(3)12-20(18)17(5)13-19-11-14(2)7-9-16(19)4/h7-13H,6H2,1-5H3/b17-13+. The first-order chi connectivity index (χ1) is 9.51. The lowest BCUT2D eigenvalue weighted by Crippen LogP contribution is -1.92. The zero-order chi connectivity index (χ0) is 14.7. The van der Waals surface area contributed by atoms with E-state index in [-0.39, 0.29) is 0 Å². The van der Waals surface area contributed by atoms with E-state index in [9.17, 15) is 0 Å². The van der Waals surface area contributed by atoms with Gasteiger partial charge in [0.2, 0.25) is 0 Å². The third-order valence-electron chi connectivity index (χ3n) is 3.88. The Labute approximate surface area is 123 Å². The molecule has 0 atom stereocenters. The highest BCUT2D eigenvalue weighted by Gasteiger charge is 2.04. The lowest BCUT2D eigenvalue weighted by molar-refractivity contribution is 1.12. The van der Waals surface area contributed by atoms with Crippen LogP contribution in [-0.4, -0.2) is 0 Å². The van der Waals surface area contributed by atoms with Gasteiger partial charge in [0.15, 0.2) is 0 Å². The molecule has 0 N–H and O–H groups in total. The van der Waals surface area contributed by atoms with Gasteiger partial charge in [0.1, 0.15) is 0 Å². The van der Waals surface area contributed by atoms with Crippen molar-refractivity contribution in [2.75, 3.05) is 0 Å². The summed E-state index contributed by atoms with van der Waals surface area (Å²) in [4.78, 5) is 0. The van der Waals surface area contributed by atoms with E-state index in [2.05, 4.69) is 77.1 Å². The van der Waals surface area contributed by atoms with Crippen molar-refractivity contribution in [2.45, 2.75) is 41.0 Å². The van der Waals surface area contributed by atoms with Gasteiger partial charge in [-0.2, -0.15) is 0 Å². The van der Waals surface area contributed by atoms with E-state index in [4.69, 9.17) is 0 Å². The summed E-state index contributed by atoms with van der Waals surface area (Å²) in [6.07, 6.45) is 3.39. The number of aryl methyl sites for hydroxylation is 4.